The van der Waals surface area contributed by atoms with E-state index >= 15 is 0 Å². The zero-order valence-corrected chi connectivity index (χ0v) is 16.8. The predicted octanol–water partition coefficient (Wildman–Crippen LogP) is 4.26. The molecule has 1 aliphatic heterocycles. The van der Waals surface area contributed by atoms with Crippen molar-refractivity contribution in [1.29, 1.82) is 0 Å². The van der Waals surface area contributed by atoms with Gasteiger partial charge in [0.25, 0.3) is 0 Å². The maximum absolute atomic E-state index is 5.52. The van der Waals surface area contributed by atoms with Gasteiger partial charge in [0.2, 0.25) is 12.7 Å². The molecule has 0 bridgehead atoms. The van der Waals surface area contributed by atoms with Crippen LogP contribution >= 0.6 is 11.8 Å². The van der Waals surface area contributed by atoms with Crippen molar-refractivity contribution in [2.45, 2.75) is 18.0 Å². The van der Waals surface area contributed by atoms with E-state index in [2.05, 4.69) is 45.4 Å². The number of thioether (sulfide) groups is 1. The minimum Gasteiger partial charge on any atom is -0.454 e. The van der Waals surface area contributed by atoms with Gasteiger partial charge in [0.1, 0.15) is 0 Å². The SMILES string of the molecule is COCCn1c(-c2ccc3c(c2)OCO3)cnc1NCc1ccc(SC)cc1. The third kappa shape index (κ3) is 3.95. The highest BCUT2D eigenvalue weighted by Crippen LogP contribution is 2.36. The first kappa shape index (κ1) is 18.7. The summed E-state index contributed by atoms with van der Waals surface area (Å²) in [6, 6.07) is 14.5. The Bertz CT molecular complexity index is 941. The van der Waals surface area contributed by atoms with Crippen molar-refractivity contribution in [2.75, 3.05) is 32.1 Å². The summed E-state index contributed by atoms with van der Waals surface area (Å²) < 4.78 is 18.4. The van der Waals surface area contributed by atoms with E-state index in [0.29, 0.717) is 19.7 Å². The molecule has 7 heteroatoms. The van der Waals surface area contributed by atoms with Gasteiger partial charge in [-0.3, -0.25) is 0 Å². The van der Waals surface area contributed by atoms with E-state index < -0.39 is 0 Å². The molecular weight excluding hydrogens is 374 g/mol. The van der Waals surface area contributed by atoms with Crippen LogP contribution in [0.25, 0.3) is 11.3 Å². The van der Waals surface area contributed by atoms with E-state index in [4.69, 9.17) is 14.2 Å². The second-order valence-corrected chi connectivity index (χ2v) is 7.26. The summed E-state index contributed by atoms with van der Waals surface area (Å²) in [6.07, 6.45) is 3.96. The quantitative estimate of drug-likeness (QED) is 0.573. The lowest BCUT2D eigenvalue weighted by molar-refractivity contribution is 0.174. The fraction of sp³-hybridized carbons (Fsp3) is 0.286. The first-order valence-electron chi connectivity index (χ1n) is 9.10. The van der Waals surface area contributed by atoms with Crippen LogP contribution in [0.1, 0.15) is 5.56 Å². The van der Waals surface area contributed by atoms with Crippen LogP contribution in [0.15, 0.2) is 53.6 Å². The number of rotatable bonds is 8. The molecule has 6 nitrogen and oxygen atoms in total. The molecule has 2 heterocycles. The Labute approximate surface area is 168 Å². The predicted molar refractivity (Wildman–Crippen MR) is 111 cm³/mol. The van der Waals surface area contributed by atoms with E-state index in [1.807, 2.05) is 24.4 Å². The number of aromatic nitrogens is 2. The zero-order chi connectivity index (χ0) is 19.3. The lowest BCUT2D eigenvalue weighted by atomic mass is 10.1. The maximum atomic E-state index is 5.52. The van der Waals surface area contributed by atoms with Crippen LogP contribution in [0.5, 0.6) is 11.5 Å². The van der Waals surface area contributed by atoms with Crippen molar-refractivity contribution in [1.82, 2.24) is 9.55 Å². The van der Waals surface area contributed by atoms with Crippen LogP contribution in [0, 0.1) is 0 Å². The van der Waals surface area contributed by atoms with Crippen LogP contribution in [0.2, 0.25) is 0 Å². The molecule has 0 saturated heterocycles. The molecule has 1 N–H and O–H groups in total. The number of hydrogen-bond acceptors (Lipinski definition) is 6. The summed E-state index contributed by atoms with van der Waals surface area (Å²) >= 11 is 1.74. The minimum atomic E-state index is 0.268. The van der Waals surface area contributed by atoms with Gasteiger partial charge in [0.15, 0.2) is 11.5 Å². The molecule has 4 rings (SSSR count). The van der Waals surface area contributed by atoms with Gasteiger partial charge in [0.05, 0.1) is 18.5 Å². The van der Waals surface area contributed by atoms with Crippen molar-refractivity contribution >= 4 is 17.7 Å². The molecule has 0 unspecified atom stereocenters. The number of imidazole rings is 1. The smallest absolute Gasteiger partial charge is 0.231 e. The monoisotopic (exact) mass is 397 g/mol. The molecule has 0 saturated carbocycles. The van der Waals surface area contributed by atoms with E-state index in [-0.39, 0.29) is 6.79 Å². The van der Waals surface area contributed by atoms with Crippen molar-refractivity contribution in [3.63, 3.8) is 0 Å². The number of anilines is 1. The molecule has 28 heavy (non-hydrogen) atoms. The highest BCUT2D eigenvalue weighted by molar-refractivity contribution is 7.98. The summed E-state index contributed by atoms with van der Waals surface area (Å²) in [5.41, 5.74) is 3.25. The summed E-state index contributed by atoms with van der Waals surface area (Å²) in [5.74, 6) is 2.36. The Hall–Kier alpha value is -2.64. The number of methoxy groups -OCH3 is 1. The van der Waals surface area contributed by atoms with Crippen LogP contribution in [0.4, 0.5) is 5.95 Å². The third-order valence-electron chi connectivity index (χ3n) is 4.65. The van der Waals surface area contributed by atoms with Crippen LogP contribution < -0.4 is 14.8 Å². The van der Waals surface area contributed by atoms with E-state index in [1.54, 1.807) is 18.9 Å². The van der Waals surface area contributed by atoms with Gasteiger partial charge in [0, 0.05) is 30.7 Å². The molecule has 0 spiro atoms. The zero-order valence-electron chi connectivity index (χ0n) is 16.0. The number of fused-ring (bicyclic) bond motifs is 1. The summed E-state index contributed by atoms with van der Waals surface area (Å²) in [5, 5.41) is 3.45. The van der Waals surface area contributed by atoms with Crippen molar-refractivity contribution in [3.8, 4) is 22.8 Å². The summed E-state index contributed by atoms with van der Waals surface area (Å²) in [4.78, 5) is 5.87. The lowest BCUT2D eigenvalue weighted by Gasteiger charge is -2.13. The number of nitrogens with zero attached hydrogens (tertiary/aromatic N) is 2. The lowest BCUT2D eigenvalue weighted by Crippen LogP contribution is -2.11. The summed E-state index contributed by atoms with van der Waals surface area (Å²) in [6.45, 7) is 2.28. The molecule has 0 fully saturated rings. The van der Waals surface area contributed by atoms with Crippen molar-refractivity contribution in [3.05, 3.63) is 54.2 Å². The van der Waals surface area contributed by atoms with Crippen LogP contribution in [-0.2, 0) is 17.8 Å². The fourth-order valence-electron chi connectivity index (χ4n) is 3.14. The average Bonchev–Trinajstić information content (AvgIpc) is 3.37. The first-order chi connectivity index (χ1) is 13.8. The Balaban J connectivity index is 1.57. The topological polar surface area (TPSA) is 57.5 Å². The molecule has 1 aromatic heterocycles. The van der Waals surface area contributed by atoms with Crippen molar-refractivity contribution < 1.29 is 14.2 Å². The molecule has 0 amide bonds. The molecular formula is C21H23N3O3S. The largest absolute Gasteiger partial charge is 0.454 e. The molecule has 146 valence electrons. The average molecular weight is 398 g/mol. The van der Waals surface area contributed by atoms with Gasteiger partial charge in [-0.25, -0.2) is 4.98 Å². The number of hydrogen-bond donors (Lipinski definition) is 1. The first-order valence-corrected chi connectivity index (χ1v) is 10.3. The third-order valence-corrected chi connectivity index (χ3v) is 5.40. The van der Waals surface area contributed by atoms with E-state index in [9.17, 15) is 0 Å². The highest BCUT2D eigenvalue weighted by atomic mass is 32.2. The second kappa shape index (κ2) is 8.58. The van der Waals surface area contributed by atoms with Gasteiger partial charge in [-0.05, 0) is 42.2 Å². The molecule has 1 aliphatic rings. The van der Waals surface area contributed by atoms with Gasteiger partial charge in [-0.1, -0.05) is 12.1 Å². The number of nitrogens with one attached hydrogen (secondary N) is 1. The van der Waals surface area contributed by atoms with Crippen LogP contribution in [-0.4, -0.2) is 36.3 Å². The Kier molecular flexibility index (Phi) is 5.73. The van der Waals surface area contributed by atoms with E-state index in [0.717, 1.165) is 28.7 Å². The molecule has 0 atom stereocenters. The molecule has 0 radical (unpaired) electrons. The van der Waals surface area contributed by atoms with Crippen molar-refractivity contribution in [2.24, 2.45) is 0 Å². The van der Waals surface area contributed by atoms with E-state index in [1.165, 1.54) is 10.5 Å². The second-order valence-electron chi connectivity index (χ2n) is 6.38. The number of ether oxygens (including phenoxy) is 3. The maximum Gasteiger partial charge on any atom is 0.231 e. The Morgan fingerprint density at radius 3 is 2.75 bits per heavy atom. The number of benzene rings is 2. The summed E-state index contributed by atoms with van der Waals surface area (Å²) in [7, 11) is 1.71. The van der Waals surface area contributed by atoms with Crippen LogP contribution in [0.3, 0.4) is 0 Å². The Morgan fingerprint density at radius 2 is 1.96 bits per heavy atom. The minimum absolute atomic E-state index is 0.268. The van der Waals surface area contributed by atoms with Gasteiger partial charge in [-0.15, -0.1) is 11.8 Å². The Morgan fingerprint density at radius 1 is 1.14 bits per heavy atom. The standard InChI is InChI=1S/C21H23N3O3S/c1-25-10-9-24-18(16-5-8-19-20(11-16)27-14-26-19)13-23-21(24)22-12-15-3-6-17(28-2)7-4-15/h3-8,11,13H,9-10,12,14H2,1-2H3,(H,22,23). The van der Waals surface area contributed by atoms with Gasteiger partial charge < -0.3 is 24.1 Å². The fourth-order valence-corrected chi connectivity index (χ4v) is 3.54. The molecule has 0 aliphatic carbocycles. The van der Waals surface area contributed by atoms with Gasteiger partial charge >= 0.3 is 0 Å². The van der Waals surface area contributed by atoms with Gasteiger partial charge in [-0.2, -0.15) is 0 Å². The highest BCUT2D eigenvalue weighted by Gasteiger charge is 2.17. The molecule has 2 aromatic carbocycles. The molecule has 3 aromatic rings. The normalized spacial score (nSPS) is 12.4.